The summed E-state index contributed by atoms with van der Waals surface area (Å²) in [5.74, 6) is 1.54. The zero-order valence-electron chi connectivity index (χ0n) is 26.8. The number of halogens is 3. The van der Waals surface area contributed by atoms with Crippen LogP contribution in [0.1, 0.15) is 39.4 Å². The van der Waals surface area contributed by atoms with E-state index in [1.807, 2.05) is 25.2 Å². The van der Waals surface area contributed by atoms with Crippen LogP contribution in [0.2, 0.25) is 0 Å². The molecule has 262 valence electrons. The van der Waals surface area contributed by atoms with Crippen LogP contribution in [0.5, 0.6) is 0 Å². The third kappa shape index (κ3) is 8.43. The van der Waals surface area contributed by atoms with Crippen molar-refractivity contribution in [3.05, 3.63) is 42.7 Å². The molecule has 14 nitrogen and oxygen atoms in total. The fourth-order valence-electron chi connectivity index (χ4n) is 5.40. The van der Waals surface area contributed by atoms with Gasteiger partial charge >= 0.3 is 21.7 Å². The first kappa shape index (κ1) is 36.6. The summed E-state index contributed by atoms with van der Waals surface area (Å²) in [4.78, 5) is 19.4. The second-order valence-corrected chi connectivity index (χ2v) is 15.9. The molecular formula is C28H40F3N7O7S2. The highest BCUT2D eigenvalue weighted by Crippen LogP contribution is 2.32. The molecule has 5 rings (SSSR count). The molecule has 2 aliphatic rings. The van der Waals surface area contributed by atoms with E-state index in [4.69, 9.17) is 22.7 Å². The highest BCUT2D eigenvalue weighted by molar-refractivity contribution is 7.90. The molecule has 2 saturated heterocycles. The number of hydrogen-bond acceptors (Lipinski definition) is 8. The van der Waals surface area contributed by atoms with Crippen LogP contribution in [0.4, 0.5) is 23.7 Å². The fourth-order valence-corrected chi connectivity index (χ4v) is 6.75. The number of fused-ring (bicyclic) bond motifs is 1. The number of carbonyl (C=O) groups excluding carboxylic acids is 1. The number of imidazole rings is 2. The second kappa shape index (κ2) is 13.7. The van der Waals surface area contributed by atoms with Crippen molar-refractivity contribution in [1.29, 1.82) is 0 Å². The number of ether oxygens (including phenoxy) is 1. The lowest BCUT2D eigenvalue weighted by molar-refractivity contribution is -0.670. The Balaban J connectivity index is 0.000000555. The number of piperazine rings is 1. The summed E-state index contributed by atoms with van der Waals surface area (Å²) < 4.78 is 100.0. The summed E-state index contributed by atoms with van der Waals surface area (Å²) in [6, 6.07) is 5.57. The molecule has 0 spiro atoms. The molecule has 1 amide bonds. The van der Waals surface area contributed by atoms with Gasteiger partial charge in [-0.3, -0.25) is 4.31 Å². The number of rotatable bonds is 5. The lowest BCUT2D eigenvalue weighted by atomic mass is 9.94. The number of aryl methyl sites for hydroxylation is 1. The van der Waals surface area contributed by atoms with E-state index in [-0.39, 0.29) is 24.5 Å². The molecule has 0 bridgehead atoms. The largest absolute Gasteiger partial charge is 0.741 e. The first-order valence-corrected chi connectivity index (χ1v) is 17.7. The summed E-state index contributed by atoms with van der Waals surface area (Å²) >= 11 is 0. The average Bonchev–Trinajstić information content (AvgIpc) is 3.59. The Morgan fingerprint density at radius 3 is 2.19 bits per heavy atom. The topological polar surface area (TPSA) is 154 Å². The molecule has 2 aromatic heterocycles. The van der Waals surface area contributed by atoms with Gasteiger partial charge in [0, 0.05) is 58.4 Å². The minimum Gasteiger partial charge on any atom is -0.741 e. The van der Waals surface area contributed by atoms with Gasteiger partial charge in [-0.15, -0.1) is 0 Å². The van der Waals surface area contributed by atoms with Gasteiger partial charge in [0.25, 0.3) is 6.33 Å². The molecule has 3 aromatic rings. The van der Waals surface area contributed by atoms with Gasteiger partial charge in [-0.2, -0.15) is 30.5 Å². The van der Waals surface area contributed by atoms with Crippen LogP contribution < -0.4 is 8.87 Å². The molecule has 0 saturated carbocycles. The van der Waals surface area contributed by atoms with Crippen LogP contribution in [0.3, 0.4) is 0 Å². The third-order valence-electron chi connectivity index (χ3n) is 8.00. The zero-order chi connectivity index (χ0) is 34.9. The van der Waals surface area contributed by atoms with Crippen molar-refractivity contribution in [2.75, 3.05) is 50.7 Å². The Kier molecular flexibility index (Phi) is 10.7. The van der Waals surface area contributed by atoms with Crippen LogP contribution in [0.25, 0.3) is 11.0 Å². The number of benzene rings is 1. The molecule has 0 atom stereocenters. The standard InChI is InChI=1S/C27H40N7O4S.CHF3O3S/c1-27(2,3)25-28-23-18-22(6-7-24(23)34(25)19-21-8-16-38-17-9-21)30(5)39(36,37)33-14-12-31(13-15-33)26(35)32-11-10-29(4)20-32;2-1(3,4)8(5,6)7/h6-7,10-11,18,20-21H,8-9,12-17,19H2,1-5H3;(H,5,6,7)/q+1;/p-1. The molecule has 1 aromatic carbocycles. The van der Waals surface area contributed by atoms with Gasteiger partial charge in [0.15, 0.2) is 10.1 Å². The molecule has 19 heteroatoms. The summed E-state index contributed by atoms with van der Waals surface area (Å²) in [6.45, 7) is 10.1. The number of hydrogen-bond donors (Lipinski definition) is 0. The summed E-state index contributed by atoms with van der Waals surface area (Å²) in [6.07, 6.45) is 7.26. The van der Waals surface area contributed by atoms with Gasteiger partial charge in [-0.1, -0.05) is 20.8 Å². The maximum absolute atomic E-state index is 13.6. The SMILES string of the molecule is CN(c1ccc2c(c1)nc(C(C)(C)C)n2CC1CCOCC1)S(=O)(=O)N1CCN(C(=O)n2cc[n+](C)c2)CC1.O=S(=O)([O-])C(F)(F)F. The van der Waals surface area contributed by atoms with Gasteiger partial charge in [-0.05, 0) is 37.0 Å². The van der Waals surface area contributed by atoms with E-state index >= 15 is 0 Å². The fraction of sp³-hybridized carbons (Fsp3) is 0.607. The van der Waals surface area contributed by atoms with Gasteiger partial charge in [0.1, 0.15) is 18.2 Å². The zero-order valence-corrected chi connectivity index (χ0v) is 28.5. The molecule has 0 radical (unpaired) electrons. The van der Waals surface area contributed by atoms with E-state index in [0.717, 1.165) is 49.5 Å². The maximum Gasteiger partial charge on any atom is 0.485 e. The number of nitrogens with zero attached hydrogens (tertiary/aromatic N) is 7. The first-order valence-electron chi connectivity index (χ1n) is 14.9. The van der Waals surface area contributed by atoms with E-state index < -0.39 is 25.8 Å². The Morgan fingerprint density at radius 2 is 1.68 bits per heavy atom. The Morgan fingerprint density at radius 1 is 1.09 bits per heavy atom. The molecule has 47 heavy (non-hydrogen) atoms. The van der Waals surface area contributed by atoms with E-state index in [2.05, 4.69) is 25.3 Å². The van der Waals surface area contributed by atoms with Crippen LogP contribution in [0.15, 0.2) is 36.9 Å². The smallest absolute Gasteiger partial charge is 0.485 e. The van der Waals surface area contributed by atoms with Crippen molar-refractivity contribution in [1.82, 2.24) is 23.3 Å². The molecule has 2 aliphatic heterocycles. The van der Waals surface area contributed by atoms with Crippen molar-refractivity contribution in [3.63, 3.8) is 0 Å². The predicted octanol–water partition coefficient (Wildman–Crippen LogP) is 2.40. The molecule has 0 aliphatic carbocycles. The van der Waals surface area contributed by atoms with Crippen molar-refractivity contribution >= 4 is 43.1 Å². The number of aromatic nitrogens is 4. The quantitative estimate of drug-likeness (QED) is 0.223. The molecule has 2 fully saturated rings. The van der Waals surface area contributed by atoms with E-state index in [1.165, 1.54) is 13.2 Å². The molecular weight excluding hydrogens is 667 g/mol. The second-order valence-electron chi connectivity index (χ2n) is 12.6. The van der Waals surface area contributed by atoms with Crippen molar-refractivity contribution in [3.8, 4) is 0 Å². The lowest BCUT2D eigenvalue weighted by Gasteiger charge is -2.35. The normalized spacial score (nSPS) is 17.4. The number of amides is 1. The van der Waals surface area contributed by atoms with Gasteiger partial charge in [-0.25, -0.2) is 22.8 Å². The minimum absolute atomic E-state index is 0.155. The van der Waals surface area contributed by atoms with E-state index in [9.17, 15) is 26.4 Å². The van der Waals surface area contributed by atoms with Crippen molar-refractivity contribution in [2.24, 2.45) is 13.0 Å². The minimum atomic E-state index is -6.09. The van der Waals surface area contributed by atoms with Crippen molar-refractivity contribution in [2.45, 2.75) is 51.1 Å². The number of carbonyl (C=O) groups is 1. The number of alkyl halides is 3. The van der Waals surface area contributed by atoms with Crippen LogP contribution in [-0.4, -0.2) is 103 Å². The van der Waals surface area contributed by atoms with Crippen LogP contribution >= 0.6 is 0 Å². The van der Waals surface area contributed by atoms with Gasteiger partial charge in [0.05, 0.1) is 23.8 Å². The third-order valence-corrected chi connectivity index (χ3v) is 10.5. The average molecular weight is 708 g/mol. The molecule has 4 heterocycles. The van der Waals surface area contributed by atoms with Gasteiger partial charge in [0.2, 0.25) is 0 Å². The summed E-state index contributed by atoms with van der Waals surface area (Å²) in [5.41, 5.74) is -3.42. The Hall–Kier alpha value is -3.26. The first-order chi connectivity index (χ1) is 21.7. The van der Waals surface area contributed by atoms with Crippen molar-refractivity contribution < 1.29 is 48.7 Å². The number of anilines is 1. The lowest BCUT2D eigenvalue weighted by Crippen LogP contribution is -2.54. The maximum atomic E-state index is 13.6. The van der Waals surface area contributed by atoms with Crippen LogP contribution in [-0.2, 0) is 44.1 Å². The van der Waals surface area contributed by atoms with E-state index in [0.29, 0.717) is 24.7 Å². The van der Waals surface area contributed by atoms with E-state index in [1.54, 1.807) is 35.2 Å². The summed E-state index contributed by atoms with van der Waals surface area (Å²) in [5, 5.41) is 0. The van der Waals surface area contributed by atoms with Crippen LogP contribution in [0, 0.1) is 5.92 Å². The highest BCUT2D eigenvalue weighted by Gasteiger charge is 2.37. The predicted molar refractivity (Wildman–Crippen MR) is 165 cm³/mol. The van der Waals surface area contributed by atoms with Gasteiger partial charge < -0.3 is 18.8 Å². The summed E-state index contributed by atoms with van der Waals surface area (Å²) in [7, 11) is -6.44. The Labute approximate surface area is 272 Å². The molecule has 0 N–H and O–H groups in total. The Bertz CT molecular complexity index is 1790. The monoisotopic (exact) mass is 707 g/mol. The highest BCUT2D eigenvalue weighted by atomic mass is 32.2. The molecule has 0 unspecified atom stereocenters.